The van der Waals surface area contributed by atoms with Gasteiger partial charge in [-0.2, -0.15) is 0 Å². The van der Waals surface area contributed by atoms with E-state index in [0.717, 1.165) is 0 Å². The Morgan fingerprint density at radius 2 is 2.12 bits per heavy atom. The summed E-state index contributed by atoms with van der Waals surface area (Å²) >= 11 is 1.27. The number of para-hydroxylation sites is 1. The summed E-state index contributed by atoms with van der Waals surface area (Å²) in [6.07, 6.45) is -0.610. The van der Waals surface area contributed by atoms with Crippen molar-refractivity contribution >= 4 is 22.6 Å². The summed E-state index contributed by atoms with van der Waals surface area (Å²) in [6, 6.07) is 8.76. The first-order valence-electron chi connectivity index (χ1n) is 4.39. The van der Waals surface area contributed by atoms with Crippen LogP contribution in [-0.4, -0.2) is 16.3 Å². The van der Waals surface area contributed by atoms with Gasteiger partial charge in [0.15, 0.2) is 0 Å². The van der Waals surface area contributed by atoms with Crippen LogP contribution in [0.4, 0.5) is 9.93 Å². The Balaban J connectivity index is 1.81. The fraction of sp³-hybridized carbons (Fsp3) is 0. The van der Waals surface area contributed by atoms with Gasteiger partial charge in [0.1, 0.15) is 11.3 Å². The number of hydrogen-bond acceptors (Lipinski definition) is 6. The van der Waals surface area contributed by atoms with Gasteiger partial charge in [0.25, 0.3) is 0 Å². The van der Waals surface area contributed by atoms with Crippen molar-refractivity contribution in [3.8, 4) is 5.75 Å². The van der Waals surface area contributed by atoms with Crippen LogP contribution in [0.2, 0.25) is 0 Å². The zero-order valence-corrected chi connectivity index (χ0v) is 8.90. The maximum Gasteiger partial charge on any atom is 0.431 e. The number of amides is 1. The molecule has 0 aliphatic carbocycles. The highest BCUT2D eigenvalue weighted by Gasteiger charge is 2.03. The molecule has 2 rings (SSSR count). The number of nitrogens with zero attached hydrogens (tertiary/aromatic N) is 2. The maximum absolute atomic E-state index is 11.3. The number of nitrogens with one attached hydrogen (secondary N) is 2. The van der Waals surface area contributed by atoms with E-state index >= 15 is 0 Å². The minimum atomic E-state index is -0.610. The molecule has 0 spiro atoms. The number of hydrogen-bond donors (Lipinski definition) is 2. The molecule has 82 valence electrons. The van der Waals surface area contributed by atoms with Gasteiger partial charge in [-0.25, -0.2) is 10.2 Å². The first kappa shape index (κ1) is 10.4. The largest absolute Gasteiger partial charge is 0.431 e. The molecule has 0 radical (unpaired) electrons. The fourth-order valence-corrected chi connectivity index (χ4v) is 1.35. The summed E-state index contributed by atoms with van der Waals surface area (Å²) in [5.41, 5.74) is 6.44. The zero-order valence-electron chi connectivity index (χ0n) is 8.08. The van der Waals surface area contributed by atoms with Crippen molar-refractivity contribution in [2.24, 2.45) is 0 Å². The maximum atomic E-state index is 11.3. The topological polar surface area (TPSA) is 76.1 Å². The highest BCUT2D eigenvalue weighted by Crippen LogP contribution is 2.09. The molecule has 6 nitrogen and oxygen atoms in total. The third-order valence-electron chi connectivity index (χ3n) is 1.59. The number of benzene rings is 1. The first-order valence-corrected chi connectivity index (χ1v) is 5.27. The molecule has 0 atom stereocenters. The second-order valence-corrected chi connectivity index (χ2v) is 3.53. The van der Waals surface area contributed by atoms with Crippen molar-refractivity contribution in [3.05, 3.63) is 35.8 Å². The summed E-state index contributed by atoms with van der Waals surface area (Å²) < 4.78 is 4.96. The van der Waals surface area contributed by atoms with E-state index in [9.17, 15) is 4.79 Å². The van der Waals surface area contributed by atoms with Crippen LogP contribution in [0, 0.1) is 0 Å². The van der Waals surface area contributed by atoms with E-state index in [1.165, 1.54) is 11.3 Å². The van der Waals surface area contributed by atoms with Crippen molar-refractivity contribution in [1.82, 2.24) is 15.6 Å². The number of aromatic nitrogens is 2. The van der Waals surface area contributed by atoms with Crippen LogP contribution in [0.3, 0.4) is 0 Å². The number of hydrazine groups is 1. The Labute approximate surface area is 95.2 Å². The Kier molecular flexibility index (Phi) is 3.29. The molecule has 0 aliphatic heterocycles. The molecule has 0 aliphatic rings. The molecule has 2 N–H and O–H groups in total. The summed E-state index contributed by atoms with van der Waals surface area (Å²) in [7, 11) is 0. The second-order valence-electron chi connectivity index (χ2n) is 2.70. The van der Waals surface area contributed by atoms with Gasteiger partial charge in [-0.05, 0) is 12.1 Å². The molecule has 1 amide bonds. The van der Waals surface area contributed by atoms with Gasteiger partial charge in [-0.3, -0.25) is 5.43 Å². The number of rotatable bonds is 3. The lowest BCUT2D eigenvalue weighted by atomic mass is 10.3. The van der Waals surface area contributed by atoms with E-state index in [1.54, 1.807) is 29.8 Å². The van der Waals surface area contributed by atoms with Crippen LogP contribution < -0.4 is 15.6 Å². The van der Waals surface area contributed by atoms with Gasteiger partial charge >= 0.3 is 6.09 Å². The van der Waals surface area contributed by atoms with E-state index < -0.39 is 6.09 Å². The van der Waals surface area contributed by atoms with Crippen molar-refractivity contribution < 1.29 is 9.53 Å². The van der Waals surface area contributed by atoms with Crippen LogP contribution in [0.15, 0.2) is 35.8 Å². The number of anilines is 1. The van der Waals surface area contributed by atoms with Crippen LogP contribution >= 0.6 is 11.3 Å². The predicted molar refractivity (Wildman–Crippen MR) is 59.1 cm³/mol. The predicted octanol–water partition coefficient (Wildman–Crippen LogP) is 1.65. The van der Waals surface area contributed by atoms with Gasteiger partial charge in [0.2, 0.25) is 5.13 Å². The van der Waals surface area contributed by atoms with E-state index in [1.807, 2.05) is 6.07 Å². The summed E-state index contributed by atoms with van der Waals surface area (Å²) in [5.74, 6) is 0.471. The van der Waals surface area contributed by atoms with E-state index in [-0.39, 0.29) is 0 Å². The molecule has 0 bridgehead atoms. The molecule has 0 saturated heterocycles. The van der Waals surface area contributed by atoms with Crippen molar-refractivity contribution in [3.63, 3.8) is 0 Å². The minimum absolute atomic E-state index is 0.471. The molecule has 1 aromatic carbocycles. The molecule has 1 aromatic heterocycles. The van der Waals surface area contributed by atoms with E-state index in [2.05, 4.69) is 21.0 Å². The smallest absolute Gasteiger partial charge is 0.409 e. The minimum Gasteiger partial charge on any atom is -0.409 e. The summed E-state index contributed by atoms with van der Waals surface area (Å²) in [5, 5.41) is 7.77. The van der Waals surface area contributed by atoms with Crippen molar-refractivity contribution in [1.29, 1.82) is 0 Å². The van der Waals surface area contributed by atoms with E-state index in [0.29, 0.717) is 10.9 Å². The third-order valence-corrected chi connectivity index (χ3v) is 2.19. The van der Waals surface area contributed by atoms with Gasteiger partial charge in [-0.1, -0.05) is 29.5 Å². The van der Waals surface area contributed by atoms with Crippen LogP contribution in [-0.2, 0) is 0 Å². The average molecular weight is 236 g/mol. The van der Waals surface area contributed by atoms with E-state index in [4.69, 9.17) is 4.74 Å². The summed E-state index contributed by atoms with van der Waals surface area (Å²) in [6.45, 7) is 0. The highest BCUT2D eigenvalue weighted by atomic mass is 32.1. The standard InChI is InChI=1S/C9H8N4O2S/c14-9(13-12-8-11-10-6-16-8)15-7-4-2-1-3-5-7/h1-6H,(H,11,12)(H,13,14). The monoisotopic (exact) mass is 236 g/mol. The molecule has 0 unspecified atom stereocenters. The fourth-order valence-electron chi connectivity index (χ4n) is 0.953. The summed E-state index contributed by atoms with van der Waals surface area (Å²) in [4.78, 5) is 11.3. The van der Waals surface area contributed by atoms with Gasteiger partial charge in [0, 0.05) is 0 Å². The van der Waals surface area contributed by atoms with Crippen molar-refractivity contribution in [2.45, 2.75) is 0 Å². The molecule has 2 aromatic rings. The van der Waals surface area contributed by atoms with Gasteiger partial charge in [0.05, 0.1) is 0 Å². The first-order chi connectivity index (χ1) is 7.84. The van der Waals surface area contributed by atoms with Gasteiger partial charge in [-0.15, -0.1) is 10.2 Å². The Morgan fingerprint density at radius 3 is 2.81 bits per heavy atom. The molecular formula is C9H8N4O2S. The van der Waals surface area contributed by atoms with Crippen LogP contribution in [0.1, 0.15) is 0 Å². The lowest BCUT2D eigenvalue weighted by molar-refractivity contribution is 0.203. The molecule has 16 heavy (non-hydrogen) atoms. The molecule has 7 heteroatoms. The lowest BCUT2D eigenvalue weighted by Gasteiger charge is -2.05. The van der Waals surface area contributed by atoms with Crippen LogP contribution in [0.25, 0.3) is 0 Å². The number of carbonyl (C=O) groups is 1. The molecular weight excluding hydrogens is 228 g/mol. The lowest BCUT2D eigenvalue weighted by Crippen LogP contribution is -2.32. The molecule has 0 fully saturated rings. The molecule has 1 heterocycles. The molecule has 0 saturated carbocycles. The Bertz CT molecular complexity index is 446. The average Bonchev–Trinajstić information content (AvgIpc) is 2.81. The van der Waals surface area contributed by atoms with Gasteiger partial charge < -0.3 is 4.74 Å². The van der Waals surface area contributed by atoms with Crippen LogP contribution in [0.5, 0.6) is 5.75 Å². The zero-order chi connectivity index (χ0) is 11.2. The Hall–Kier alpha value is -2.15. The van der Waals surface area contributed by atoms with Crippen molar-refractivity contribution in [2.75, 3.05) is 5.43 Å². The quantitative estimate of drug-likeness (QED) is 0.792. The Morgan fingerprint density at radius 1 is 1.31 bits per heavy atom. The normalized spacial score (nSPS) is 9.50. The second kappa shape index (κ2) is 5.08. The number of ether oxygens (including phenoxy) is 1. The SMILES string of the molecule is O=C(NNc1nncs1)Oc1ccccc1. The highest BCUT2D eigenvalue weighted by molar-refractivity contribution is 7.13. The number of carbonyl (C=O) groups excluding carboxylic acids is 1. The third kappa shape index (κ3) is 2.92.